The van der Waals surface area contributed by atoms with E-state index < -0.39 is 49.8 Å². The van der Waals surface area contributed by atoms with Gasteiger partial charge in [-0.15, -0.1) is 0 Å². The third kappa shape index (κ3) is 6.43. The molecule has 0 amide bonds. The fourth-order valence-corrected chi connectivity index (χ4v) is 0.858. The van der Waals surface area contributed by atoms with Gasteiger partial charge in [-0.3, -0.25) is 0 Å². The van der Waals surface area contributed by atoms with Gasteiger partial charge in [0.1, 0.15) is 6.61 Å². The van der Waals surface area contributed by atoms with E-state index in [1.54, 1.807) is 0 Å². The second kappa shape index (κ2) is 6.75. The molecule has 0 aliphatic heterocycles. The average Bonchev–Trinajstić information content (AvgIpc) is 2.21. The molecule has 0 heterocycles. The van der Waals surface area contributed by atoms with Crippen LogP contribution in [0.1, 0.15) is 0 Å². The van der Waals surface area contributed by atoms with E-state index in [9.17, 15) is 31.1 Å². The average molecular weight is 296 g/mol. The molecule has 0 aromatic rings. The largest absolute Gasteiger partial charge is 0.460 e. The molecule has 0 aliphatic rings. The summed E-state index contributed by atoms with van der Waals surface area (Å²) in [5, 5.41) is 8.29. The molecule has 1 N–H and O–H groups in total. The molecule has 0 rings (SSSR count). The molecule has 0 aromatic carbocycles. The van der Waals surface area contributed by atoms with Gasteiger partial charge >= 0.3 is 18.3 Å². The van der Waals surface area contributed by atoms with Crippen LogP contribution < -0.4 is 0 Å². The van der Waals surface area contributed by atoms with Crippen LogP contribution in [0.4, 0.5) is 26.3 Å². The molecule has 0 atom stereocenters. The SMILES string of the molecule is C=C(COC(C(F)(F)F)C(F)(F)F)C(=O)OCCO. The summed E-state index contributed by atoms with van der Waals surface area (Å²) < 4.78 is 80.1. The Bertz CT molecular complexity index is 308. The van der Waals surface area contributed by atoms with Crippen molar-refractivity contribution < 1.29 is 45.7 Å². The number of carbonyl (C=O) groups is 1. The molecule has 0 saturated carbocycles. The highest BCUT2D eigenvalue weighted by Gasteiger charge is 2.58. The Morgan fingerprint density at radius 3 is 2.00 bits per heavy atom. The van der Waals surface area contributed by atoms with Gasteiger partial charge in [0.05, 0.1) is 18.8 Å². The van der Waals surface area contributed by atoms with E-state index in [-0.39, 0.29) is 0 Å². The Hall–Kier alpha value is -1.29. The first-order valence-corrected chi connectivity index (χ1v) is 4.71. The molecule has 0 bridgehead atoms. The van der Waals surface area contributed by atoms with Crippen LogP contribution in [0.2, 0.25) is 0 Å². The van der Waals surface area contributed by atoms with E-state index in [1.165, 1.54) is 0 Å². The number of aliphatic hydroxyl groups is 1. The molecule has 0 aliphatic carbocycles. The second-order valence-electron chi connectivity index (χ2n) is 3.24. The quantitative estimate of drug-likeness (QED) is 0.459. The van der Waals surface area contributed by atoms with E-state index >= 15 is 0 Å². The summed E-state index contributed by atoms with van der Waals surface area (Å²) in [7, 11) is 0. The van der Waals surface area contributed by atoms with Gasteiger partial charge < -0.3 is 14.6 Å². The highest BCUT2D eigenvalue weighted by Crippen LogP contribution is 2.35. The van der Waals surface area contributed by atoms with Crippen molar-refractivity contribution in [1.82, 2.24) is 0 Å². The molecule has 0 radical (unpaired) electrons. The molecule has 0 aromatic heterocycles. The van der Waals surface area contributed by atoms with Crippen molar-refractivity contribution in [3.8, 4) is 0 Å². The smallest absolute Gasteiger partial charge is 0.423 e. The van der Waals surface area contributed by atoms with Crippen LogP contribution in [0, 0.1) is 0 Å². The maximum absolute atomic E-state index is 12.0. The lowest BCUT2D eigenvalue weighted by atomic mass is 10.3. The summed E-state index contributed by atoms with van der Waals surface area (Å²) in [6.07, 6.45) is -15.3. The van der Waals surface area contributed by atoms with Gasteiger partial charge in [-0.05, 0) is 0 Å². The van der Waals surface area contributed by atoms with Gasteiger partial charge in [-0.25, -0.2) is 4.79 Å². The lowest BCUT2D eigenvalue weighted by Gasteiger charge is -2.23. The summed E-state index contributed by atoms with van der Waals surface area (Å²) in [4.78, 5) is 10.9. The number of hydrogen-bond donors (Lipinski definition) is 1. The molecule has 10 heteroatoms. The summed E-state index contributed by atoms with van der Waals surface area (Å²) in [5.41, 5.74) is -0.730. The number of esters is 1. The lowest BCUT2D eigenvalue weighted by Crippen LogP contribution is -2.44. The normalized spacial score (nSPS) is 12.6. The zero-order chi connectivity index (χ0) is 15.3. The van der Waals surface area contributed by atoms with Gasteiger partial charge in [0, 0.05) is 0 Å². The van der Waals surface area contributed by atoms with Crippen molar-refractivity contribution in [3.63, 3.8) is 0 Å². The first-order chi connectivity index (χ1) is 8.50. The van der Waals surface area contributed by atoms with E-state index in [2.05, 4.69) is 16.1 Å². The van der Waals surface area contributed by atoms with Crippen LogP contribution >= 0.6 is 0 Å². The maximum atomic E-state index is 12.0. The van der Waals surface area contributed by atoms with Crippen LogP contribution in [0.15, 0.2) is 12.2 Å². The molecular formula is C9H10F6O4. The minimum Gasteiger partial charge on any atom is -0.460 e. The second-order valence-corrected chi connectivity index (χ2v) is 3.24. The zero-order valence-corrected chi connectivity index (χ0v) is 9.35. The van der Waals surface area contributed by atoms with Crippen molar-refractivity contribution in [2.24, 2.45) is 0 Å². The van der Waals surface area contributed by atoms with Crippen molar-refractivity contribution >= 4 is 5.97 Å². The minimum absolute atomic E-state index is 0.459. The minimum atomic E-state index is -5.66. The Balaban J connectivity index is 4.50. The maximum Gasteiger partial charge on any atom is 0.423 e. The molecular weight excluding hydrogens is 286 g/mol. The van der Waals surface area contributed by atoms with Gasteiger partial charge in [0.2, 0.25) is 6.10 Å². The van der Waals surface area contributed by atoms with Crippen LogP contribution in [-0.4, -0.2) is 49.4 Å². The lowest BCUT2D eigenvalue weighted by molar-refractivity contribution is -0.320. The summed E-state index contributed by atoms with van der Waals surface area (Å²) in [6, 6.07) is 0. The highest BCUT2D eigenvalue weighted by atomic mass is 19.4. The van der Waals surface area contributed by atoms with E-state index in [4.69, 9.17) is 5.11 Å². The third-order valence-electron chi connectivity index (χ3n) is 1.63. The van der Waals surface area contributed by atoms with E-state index in [1.807, 2.05) is 0 Å². The molecule has 0 unspecified atom stereocenters. The zero-order valence-electron chi connectivity index (χ0n) is 9.35. The Labute approximate surface area is 103 Å². The fraction of sp³-hybridized carbons (Fsp3) is 0.667. The van der Waals surface area contributed by atoms with Crippen LogP contribution in [0.25, 0.3) is 0 Å². The first kappa shape index (κ1) is 17.7. The number of rotatable bonds is 6. The van der Waals surface area contributed by atoms with Crippen molar-refractivity contribution in [1.29, 1.82) is 0 Å². The predicted octanol–water partition coefficient (Wildman–Crippen LogP) is 1.59. The van der Waals surface area contributed by atoms with Gasteiger partial charge in [0.25, 0.3) is 0 Å². The first-order valence-electron chi connectivity index (χ1n) is 4.71. The predicted molar refractivity (Wildman–Crippen MR) is 49.0 cm³/mol. The molecule has 112 valence electrons. The molecule has 0 spiro atoms. The van der Waals surface area contributed by atoms with Crippen molar-refractivity contribution in [2.45, 2.75) is 18.5 Å². The van der Waals surface area contributed by atoms with Crippen LogP contribution in [0.5, 0.6) is 0 Å². The van der Waals surface area contributed by atoms with Gasteiger partial charge in [-0.1, -0.05) is 6.58 Å². The highest BCUT2D eigenvalue weighted by molar-refractivity contribution is 5.87. The Morgan fingerprint density at radius 2 is 1.63 bits per heavy atom. The van der Waals surface area contributed by atoms with Crippen LogP contribution in [0.3, 0.4) is 0 Å². The summed E-state index contributed by atoms with van der Waals surface area (Å²) >= 11 is 0. The summed E-state index contributed by atoms with van der Waals surface area (Å²) in [6.45, 7) is 0.624. The van der Waals surface area contributed by atoms with E-state index in [0.717, 1.165) is 0 Å². The molecule has 0 fully saturated rings. The number of hydrogen-bond acceptors (Lipinski definition) is 4. The van der Waals surface area contributed by atoms with E-state index in [0.29, 0.717) is 0 Å². The number of alkyl halides is 6. The monoisotopic (exact) mass is 296 g/mol. The van der Waals surface area contributed by atoms with Crippen molar-refractivity contribution in [3.05, 3.63) is 12.2 Å². The Morgan fingerprint density at radius 1 is 1.16 bits per heavy atom. The number of halogens is 6. The van der Waals surface area contributed by atoms with Gasteiger partial charge in [-0.2, -0.15) is 26.3 Å². The molecule has 19 heavy (non-hydrogen) atoms. The third-order valence-corrected chi connectivity index (χ3v) is 1.63. The molecule has 0 saturated heterocycles. The van der Waals surface area contributed by atoms with Gasteiger partial charge in [0.15, 0.2) is 0 Å². The van der Waals surface area contributed by atoms with Crippen LogP contribution in [-0.2, 0) is 14.3 Å². The topological polar surface area (TPSA) is 55.8 Å². The summed E-state index contributed by atoms with van der Waals surface area (Å²) in [5.74, 6) is -1.25. The fourth-order valence-electron chi connectivity index (χ4n) is 0.858. The van der Waals surface area contributed by atoms with Crippen molar-refractivity contribution in [2.75, 3.05) is 19.8 Å². The molecule has 4 nitrogen and oxygen atoms in total. The number of ether oxygens (including phenoxy) is 2. The Kier molecular flexibility index (Phi) is 6.30. The standard InChI is InChI=1S/C9H10F6O4/c1-5(6(17)18-3-2-16)4-19-7(8(10,11)12)9(13,14)15/h7,16H,1-4H2. The number of aliphatic hydroxyl groups excluding tert-OH is 1. The number of carbonyl (C=O) groups excluding carboxylic acids is 1.